The molecule has 0 aliphatic carbocycles. The Morgan fingerprint density at radius 3 is 2.41 bits per heavy atom. The molecule has 0 saturated heterocycles. The third-order valence-electron chi connectivity index (χ3n) is 3.30. The zero-order chi connectivity index (χ0) is 15.8. The molecule has 2 aromatic carbocycles. The summed E-state index contributed by atoms with van der Waals surface area (Å²) < 4.78 is 5.59. The second-order valence-corrected chi connectivity index (χ2v) is 5.06. The van der Waals surface area contributed by atoms with Crippen LogP contribution in [-0.2, 0) is 0 Å². The van der Waals surface area contributed by atoms with Gasteiger partial charge in [0.2, 0.25) is 0 Å². The van der Waals surface area contributed by atoms with E-state index >= 15 is 0 Å². The highest BCUT2D eigenvalue weighted by atomic mass is 16.5. The van der Waals surface area contributed by atoms with E-state index in [1.807, 2.05) is 49.5 Å². The normalized spacial score (nSPS) is 10.1. The number of para-hydroxylation sites is 1. The number of benzene rings is 2. The summed E-state index contributed by atoms with van der Waals surface area (Å²) in [5.41, 5.74) is 4.37. The van der Waals surface area contributed by atoms with Gasteiger partial charge in [0.15, 0.2) is 0 Å². The molecule has 0 radical (unpaired) electrons. The van der Waals surface area contributed by atoms with Gasteiger partial charge in [-0.05, 0) is 42.8 Å². The van der Waals surface area contributed by atoms with Crippen LogP contribution >= 0.6 is 0 Å². The first-order valence-electron chi connectivity index (χ1n) is 7.53. The first-order valence-corrected chi connectivity index (χ1v) is 7.53. The Bertz CT molecular complexity index is 582. The van der Waals surface area contributed by atoms with Crippen LogP contribution in [0.25, 0.3) is 0 Å². The van der Waals surface area contributed by atoms with Crippen molar-refractivity contribution in [1.82, 2.24) is 5.43 Å². The van der Waals surface area contributed by atoms with Crippen molar-refractivity contribution in [3.63, 3.8) is 0 Å². The van der Waals surface area contributed by atoms with Crippen LogP contribution in [0, 0.1) is 0 Å². The maximum atomic E-state index is 12.2. The molecule has 1 amide bonds. The molecule has 0 unspecified atom stereocenters. The lowest BCUT2D eigenvalue weighted by atomic mass is 10.2. The monoisotopic (exact) mass is 298 g/mol. The molecule has 116 valence electrons. The predicted molar refractivity (Wildman–Crippen MR) is 89.2 cm³/mol. The third-order valence-corrected chi connectivity index (χ3v) is 3.30. The van der Waals surface area contributed by atoms with Gasteiger partial charge in [0.05, 0.1) is 12.3 Å². The van der Waals surface area contributed by atoms with Crippen LogP contribution in [0.3, 0.4) is 0 Å². The molecular weight excluding hydrogens is 276 g/mol. The molecule has 0 fully saturated rings. The van der Waals surface area contributed by atoms with Crippen molar-refractivity contribution in [2.75, 3.05) is 18.7 Å². The number of hydrazine groups is 1. The second kappa shape index (κ2) is 8.08. The van der Waals surface area contributed by atoms with Gasteiger partial charge in [-0.2, -0.15) is 0 Å². The average molecular weight is 298 g/mol. The fourth-order valence-corrected chi connectivity index (χ4v) is 1.97. The van der Waals surface area contributed by atoms with Crippen LogP contribution in [0.1, 0.15) is 30.1 Å². The molecular formula is C18H22N2O2. The minimum absolute atomic E-state index is 0.147. The van der Waals surface area contributed by atoms with Gasteiger partial charge in [0.1, 0.15) is 5.75 Å². The summed E-state index contributed by atoms with van der Waals surface area (Å²) in [6.45, 7) is 2.83. The Morgan fingerprint density at radius 2 is 1.77 bits per heavy atom. The Kier molecular flexibility index (Phi) is 5.83. The van der Waals surface area contributed by atoms with E-state index in [4.69, 9.17) is 4.74 Å². The summed E-state index contributed by atoms with van der Waals surface area (Å²) in [6.07, 6.45) is 2.14. The van der Waals surface area contributed by atoms with E-state index in [0.717, 1.165) is 24.3 Å². The van der Waals surface area contributed by atoms with E-state index in [1.54, 1.807) is 17.1 Å². The fraction of sp³-hybridized carbons (Fsp3) is 0.278. The third kappa shape index (κ3) is 4.52. The molecule has 0 spiro atoms. The zero-order valence-electron chi connectivity index (χ0n) is 13.1. The van der Waals surface area contributed by atoms with Crippen molar-refractivity contribution in [2.45, 2.75) is 19.8 Å². The Labute approximate surface area is 131 Å². The van der Waals surface area contributed by atoms with Crippen LogP contribution in [-0.4, -0.2) is 19.6 Å². The molecule has 2 rings (SSSR count). The zero-order valence-corrected chi connectivity index (χ0v) is 13.1. The molecule has 4 heteroatoms. The summed E-state index contributed by atoms with van der Waals surface area (Å²) in [5, 5.41) is 1.70. The molecule has 0 atom stereocenters. The van der Waals surface area contributed by atoms with Crippen LogP contribution < -0.4 is 15.2 Å². The number of hydrogen-bond donors (Lipinski definition) is 1. The average Bonchev–Trinajstić information content (AvgIpc) is 2.56. The van der Waals surface area contributed by atoms with Gasteiger partial charge >= 0.3 is 0 Å². The number of nitrogens with zero attached hydrogens (tertiary/aromatic N) is 1. The Hall–Kier alpha value is -2.49. The van der Waals surface area contributed by atoms with Crippen LogP contribution in [0.15, 0.2) is 54.6 Å². The van der Waals surface area contributed by atoms with Gasteiger partial charge in [-0.3, -0.25) is 15.2 Å². The molecule has 0 aliphatic rings. The Balaban J connectivity index is 1.92. The second-order valence-electron chi connectivity index (χ2n) is 5.06. The highest BCUT2D eigenvalue weighted by Crippen LogP contribution is 2.14. The van der Waals surface area contributed by atoms with Crippen molar-refractivity contribution in [2.24, 2.45) is 0 Å². The number of carbonyl (C=O) groups excluding carboxylic acids is 1. The van der Waals surface area contributed by atoms with E-state index in [2.05, 4.69) is 12.3 Å². The van der Waals surface area contributed by atoms with Crippen molar-refractivity contribution < 1.29 is 9.53 Å². The highest BCUT2D eigenvalue weighted by molar-refractivity contribution is 5.95. The van der Waals surface area contributed by atoms with Gasteiger partial charge in [-0.1, -0.05) is 31.5 Å². The summed E-state index contributed by atoms with van der Waals surface area (Å²) >= 11 is 0. The molecule has 4 nitrogen and oxygen atoms in total. The number of unbranched alkanes of at least 4 members (excludes halogenated alkanes) is 1. The SMILES string of the molecule is CCCCOc1ccc(C(=O)NN(C)c2ccccc2)cc1. The highest BCUT2D eigenvalue weighted by Gasteiger charge is 2.08. The number of nitrogens with one attached hydrogen (secondary N) is 1. The molecule has 0 bridgehead atoms. The maximum Gasteiger partial charge on any atom is 0.269 e. The van der Waals surface area contributed by atoms with Crippen molar-refractivity contribution in [3.8, 4) is 5.75 Å². The summed E-state index contributed by atoms with van der Waals surface area (Å²) in [6, 6.07) is 16.9. The minimum Gasteiger partial charge on any atom is -0.494 e. The fourth-order valence-electron chi connectivity index (χ4n) is 1.97. The van der Waals surface area contributed by atoms with Crippen LogP contribution in [0.4, 0.5) is 5.69 Å². The number of rotatable bonds is 7. The summed E-state index contributed by atoms with van der Waals surface area (Å²) in [7, 11) is 1.81. The van der Waals surface area contributed by atoms with Crippen molar-refractivity contribution in [1.29, 1.82) is 0 Å². The van der Waals surface area contributed by atoms with Gasteiger partial charge in [0.25, 0.3) is 5.91 Å². The largest absolute Gasteiger partial charge is 0.494 e. The molecule has 0 heterocycles. The van der Waals surface area contributed by atoms with Gasteiger partial charge in [0, 0.05) is 12.6 Å². The number of hydrogen-bond acceptors (Lipinski definition) is 3. The van der Waals surface area contributed by atoms with Crippen LogP contribution in [0.2, 0.25) is 0 Å². The molecule has 0 aromatic heterocycles. The Morgan fingerprint density at radius 1 is 1.09 bits per heavy atom. The topological polar surface area (TPSA) is 41.6 Å². The molecule has 2 aromatic rings. The van der Waals surface area contributed by atoms with Gasteiger partial charge < -0.3 is 4.74 Å². The first-order chi connectivity index (χ1) is 10.7. The standard InChI is InChI=1S/C18H22N2O2/c1-3-4-14-22-17-12-10-15(11-13-17)18(21)19-20(2)16-8-6-5-7-9-16/h5-13H,3-4,14H2,1-2H3,(H,19,21). The lowest BCUT2D eigenvalue weighted by molar-refractivity contribution is 0.0951. The van der Waals surface area contributed by atoms with Crippen molar-refractivity contribution in [3.05, 3.63) is 60.2 Å². The lowest BCUT2D eigenvalue weighted by Gasteiger charge is -2.20. The summed E-state index contributed by atoms with van der Waals surface area (Å²) in [5.74, 6) is 0.646. The maximum absolute atomic E-state index is 12.2. The van der Waals surface area contributed by atoms with E-state index < -0.39 is 0 Å². The lowest BCUT2D eigenvalue weighted by Crippen LogP contribution is -2.39. The first kappa shape index (κ1) is 15.9. The van der Waals surface area contributed by atoms with E-state index in [9.17, 15) is 4.79 Å². The number of amides is 1. The van der Waals surface area contributed by atoms with E-state index in [0.29, 0.717) is 12.2 Å². The quantitative estimate of drug-likeness (QED) is 0.626. The number of anilines is 1. The smallest absolute Gasteiger partial charge is 0.269 e. The molecule has 0 saturated carbocycles. The number of carbonyl (C=O) groups is 1. The summed E-state index contributed by atoms with van der Waals surface area (Å²) in [4.78, 5) is 12.2. The van der Waals surface area contributed by atoms with E-state index in [1.165, 1.54) is 0 Å². The van der Waals surface area contributed by atoms with Gasteiger partial charge in [-0.15, -0.1) is 0 Å². The van der Waals surface area contributed by atoms with Crippen molar-refractivity contribution >= 4 is 11.6 Å². The number of ether oxygens (including phenoxy) is 1. The van der Waals surface area contributed by atoms with E-state index in [-0.39, 0.29) is 5.91 Å². The molecule has 0 aliphatic heterocycles. The molecule has 22 heavy (non-hydrogen) atoms. The van der Waals surface area contributed by atoms with Crippen LogP contribution in [0.5, 0.6) is 5.75 Å². The minimum atomic E-state index is -0.147. The molecule has 1 N–H and O–H groups in total. The van der Waals surface area contributed by atoms with Gasteiger partial charge in [-0.25, -0.2) is 0 Å². The predicted octanol–water partition coefficient (Wildman–Crippen LogP) is 3.65.